The van der Waals surface area contributed by atoms with E-state index in [4.69, 9.17) is 0 Å². The van der Waals surface area contributed by atoms with Gasteiger partial charge in [-0.2, -0.15) is 0 Å². The molecule has 3 N–H and O–H groups in total. The maximum Gasteiger partial charge on any atom is 0.251 e. The summed E-state index contributed by atoms with van der Waals surface area (Å²) in [5.74, 6) is -0.0889. The Bertz CT molecular complexity index is 537. The maximum absolute atomic E-state index is 11.9. The number of nitrogens with one attached hydrogen (secondary N) is 2. The molecule has 0 unspecified atom stereocenters. The van der Waals surface area contributed by atoms with E-state index >= 15 is 0 Å². The molecule has 2 atom stereocenters. The van der Waals surface area contributed by atoms with E-state index in [0.717, 1.165) is 32.4 Å². The molecule has 1 amide bonds. The average Bonchev–Trinajstić information content (AvgIpc) is 2.62. The number of piperidine rings is 2. The summed E-state index contributed by atoms with van der Waals surface area (Å²) in [4.78, 5) is 18.3. The van der Waals surface area contributed by atoms with Crippen molar-refractivity contribution in [2.24, 2.45) is 0 Å². The van der Waals surface area contributed by atoms with Crippen molar-refractivity contribution in [1.29, 1.82) is 0 Å². The van der Waals surface area contributed by atoms with Crippen molar-refractivity contribution in [2.75, 3.05) is 32.7 Å². The quantitative estimate of drug-likeness (QED) is 0.671. The molecule has 2 aliphatic heterocycles. The Hall–Kier alpha value is -1.50. The van der Waals surface area contributed by atoms with Crippen LogP contribution in [0.2, 0.25) is 0 Å². The van der Waals surface area contributed by atoms with Gasteiger partial charge in [-0.05, 0) is 50.9 Å². The number of nitrogens with zero attached hydrogens (tertiary/aromatic N) is 2. The van der Waals surface area contributed by atoms with Crippen LogP contribution in [0.3, 0.4) is 0 Å². The van der Waals surface area contributed by atoms with Crippen LogP contribution in [0, 0.1) is 0 Å². The first kappa shape index (κ1) is 17.3. The Morgan fingerprint density at radius 2 is 2.04 bits per heavy atom. The van der Waals surface area contributed by atoms with Gasteiger partial charge in [-0.25, -0.2) is 0 Å². The minimum Gasteiger partial charge on any atom is -0.387 e. The van der Waals surface area contributed by atoms with E-state index in [1.54, 1.807) is 24.5 Å². The van der Waals surface area contributed by atoms with Gasteiger partial charge in [0, 0.05) is 43.6 Å². The highest BCUT2D eigenvalue weighted by Crippen LogP contribution is 2.33. The van der Waals surface area contributed by atoms with E-state index in [1.165, 1.54) is 12.8 Å². The molecule has 6 heteroatoms. The first-order valence-electron chi connectivity index (χ1n) is 9.04. The molecule has 24 heavy (non-hydrogen) atoms. The third kappa shape index (κ3) is 4.12. The molecule has 2 aliphatic rings. The lowest BCUT2D eigenvalue weighted by Gasteiger charge is -2.49. The van der Waals surface area contributed by atoms with Crippen molar-refractivity contribution in [2.45, 2.75) is 43.7 Å². The van der Waals surface area contributed by atoms with Crippen LogP contribution in [0.15, 0.2) is 24.5 Å². The van der Waals surface area contributed by atoms with Gasteiger partial charge in [0.15, 0.2) is 0 Å². The molecule has 2 saturated heterocycles. The summed E-state index contributed by atoms with van der Waals surface area (Å²) in [7, 11) is 0. The van der Waals surface area contributed by atoms with Crippen LogP contribution in [-0.4, -0.2) is 65.3 Å². The highest BCUT2D eigenvalue weighted by molar-refractivity contribution is 5.93. The molecule has 2 fully saturated rings. The van der Waals surface area contributed by atoms with Gasteiger partial charge < -0.3 is 15.7 Å². The van der Waals surface area contributed by atoms with Crippen LogP contribution in [0.25, 0.3) is 0 Å². The Labute approximate surface area is 143 Å². The molecule has 132 valence electrons. The lowest BCUT2D eigenvalue weighted by molar-refractivity contribution is -0.0916. The lowest BCUT2D eigenvalue weighted by atomic mass is 9.79. The summed E-state index contributed by atoms with van der Waals surface area (Å²) in [6.45, 7) is 4.04. The second-order valence-electron chi connectivity index (χ2n) is 6.92. The number of carbonyl (C=O) groups is 1. The van der Waals surface area contributed by atoms with Crippen molar-refractivity contribution in [1.82, 2.24) is 20.5 Å². The van der Waals surface area contributed by atoms with Gasteiger partial charge in [0.1, 0.15) is 0 Å². The highest BCUT2D eigenvalue weighted by Gasteiger charge is 2.43. The van der Waals surface area contributed by atoms with Gasteiger partial charge in [-0.3, -0.25) is 14.7 Å². The van der Waals surface area contributed by atoms with E-state index in [-0.39, 0.29) is 5.91 Å². The number of pyridine rings is 1. The molecule has 1 aromatic rings. The molecule has 3 heterocycles. The Balaban J connectivity index is 1.40. The first-order chi connectivity index (χ1) is 11.7. The zero-order chi connectivity index (χ0) is 16.8. The van der Waals surface area contributed by atoms with Crippen molar-refractivity contribution >= 4 is 5.91 Å². The van der Waals surface area contributed by atoms with E-state index in [0.29, 0.717) is 31.2 Å². The van der Waals surface area contributed by atoms with E-state index in [9.17, 15) is 9.90 Å². The summed E-state index contributed by atoms with van der Waals surface area (Å²) < 4.78 is 0. The van der Waals surface area contributed by atoms with Gasteiger partial charge in [0.05, 0.1) is 5.60 Å². The summed E-state index contributed by atoms with van der Waals surface area (Å²) >= 11 is 0. The van der Waals surface area contributed by atoms with Crippen molar-refractivity contribution in [3.63, 3.8) is 0 Å². The zero-order valence-electron chi connectivity index (χ0n) is 14.2. The molecule has 0 bridgehead atoms. The predicted octanol–water partition coefficient (Wildman–Crippen LogP) is 0.780. The molecule has 0 aromatic carbocycles. The second-order valence-corrected chi connectivity index (χ2v) is 6.92. The fourth-order valence-corrected chi connectivity index (χ4v) is 4.00. The van der Waals surface area contributed by atoms with E-state index in [1.807, 2.05) is 0 Å². The number of carbonyl (C=O) groups excluding carboxylic acids is 1. The molecule has 1 aromatic heterocycles. The smallest absolute Gasteiger partial charge is 0.251 e. The fourth-order valence-electron chi connectivity index (χ4n) is 4.00. The third-order valence-corrected chi connectivity index (χ3v) is 5.25. The van der Waals surface area contributed by atoms with Gasteiger partial charge in [0.2, 0.25) is 0 Å². The van der Waals surface area contributed by atoms with Crippen LogP contribution in [-0.2, 0) is 0 Å². The standard InChI is InChI=1S/C18H28N4O2/c23-17(15-5-8-19-9-6-15)21-11-10-20-14-18(24)7-3-13-22-12-2-1-4-16(18)22/h5-6,8-9,16,20,24H,1-4,7,10-14H2,(H,21,23)/t16-,18-/m1/s1. The van der Waals surface area contributed by atoms with Crippen molar-refractivity contribution in [3.8, 4) is 0 Å². The summed E-state index contributed by atoms with van der Waals surface area (Å²) in [6, 6.07) is 3.69. The molecule has 0 spiro atoms. The maximum atomic E-state index is 11.9. The number of hydrogen-bond donors (Lipinski definition) is 3. The monoisotopic (exact) mass is 332 g/mol. The summed E-state index contributed by atoms with van der Waals surface area (Å²) in [5, 5.41) is 17.3. The molecule has 0 aliphatic carbocycles. The van der Waals surface area contributed by atoms with Gasteiger partial charge in [-0.1, -0.05) is 6.42 Å². The van der Waals surface area contributed by atoms with Crippen LogP contribution >= 0.6 is 0 Å². The number of fused-ring (bicyclic) bond motifs is 1. The summed E-state index contributed by atoms with van der Waals surface area (Å²) in [6.07, 6.45) is 8.71. The molecular formula is C18H28N4O2. The van der Waals surface area contributed by atoms with Gasteiger partial charge >= 0.3 is 0 Å². The summed E-state index contributed by atoms with van der Waals surface area (Å²) in [5.41, 5.74) is -0.0120. The number of rotatable bonds is 6. The number of aliphatic hydroxyl groups is 1. The number of aromatic nitrogens is 1. The topological polar surface area (TPSA) is 77.5 Å². The van der Waals surface area contributed by atoms with Gasteiger partial charge in [0.25, 0.3) is 5.91 Å². The van der Waals surface area contributed by atoms with Crippen molar-refractivity contribution in [3.05, 3.63) is 30.1 Å². The Morgan fingerprint density at radius 1 is 1.25 bits per heavy atom. The molecule has 0 saturated carbocycles. The largest absolute Gasteiger partial charge is 0.387 e. The Morgan fingerprint density at radius 3 is 2.88 bits per heavy atom. The molecular weight excluding hydrogens is 304 g/mol. The molecule has 3 rings (SSSR count). The molecule has 6 nitrogen and oxygen atoms in total. The minimum atomic E-state index is -0.631. The van der Waals surface area contributed by atoms with E-state index < -0.39 is 5.60 Å². The number of hydrogen-bond acceptors (Lipinski definition) is 5. The third-order valence-electron chi connectivity index (χ3n) is 5.25. The SMILES string of the molecule is O=C(NCCNC[C@]1(O)CCCN2CCCC[C@@H]21)c1ccncc1. The average molecular weight is 332 g/mol. The first-order valence-corrected chi connectivity index (χ1v) is 9.04. The highest BCUT2D eigenvalue weighted by atomic mass is 16.3. The van der Waals surface area contributed by atoms with Crippen LogP contribution < -0.4 is 10.6 Å². The van der Waals surface area contributed by atoms with E-state index in [2.05, 4.69) is 20.5 Å². The number of amides is 1. The van der Waals surface area contributed by atoms with Crippen LogP contribution in [0.1, 0.15) is 42.5 Å². The predicted molar refractivity (Wildman–Crippen MR) is 92.8 cm³/mol. The van der Waals surface area contributed by atoms with Crippen LogP contribution in [0.4, 0.5) is 0 Å². The van der Waals surface area contributed by atoms with Crippen LogP contribution in [0.5, 0.6) is 0 Å². The minimum absolute atomic E-state index is 0.0889. The fraction of sp³-hybridized carbons (Fsp3) is 0.667. The molecule has 0 radical (unpaired) electrons. The lowest BCUT2D eigenvalue weighted by Crippen LogP contribution is -2.62. The normalized spacial score (nSPS) is 27.5. The van der Waals surface area contributed by atoms with Gasteiger partial charge in [-0.15, -0.1) is 0 Å². The van der Waals surface area contributed by atoms with Crippen molar-refractivity contribution < 1.29 is 9.90 Å². The zero-order valence-corrected chi connectivity index (χ0v) is 14.2. The Kier molecular flexibility index (Phi) is 5.81. The second kappa shape index (κ2) is 8.05.